The molecule has 1 aliphatic rings. The summed E-state index contributed by atoms with van der Waals surface area (Å²) >= 11 is 0. The molecule has 0 bridgehead atoms. The molecule has 0 heterocycles. The van der Waals surface area contributed by atoms with Crippen molar-refractivity contribution in [1.29, 1.82) is 0 Å². The molecule has 1 heteroatoms. The first-order valence-corrected chi connectivity index (χ1v) is 2.97. The van der Waals surface area contributed by atoms with Crippen LogP contribution in [0.15, 0.2) is 0 Å². The van der Waals surface area contributed by atoms with Gasteiger partial charge in [-0.2, -0.15) is 0 Å². The highest BCUT2D eigenvalue weighted by Gasteiger charge is 2.26. The second kappa shape index (κ2) is 1.81. The molecule has 1 saturated carbocycles. The van der Waals surface area contributed by atoms with E-state index in [1.165, 1.54) is 6.42 Å². The highest BCUT2D eigenvalue weighted by molar-refractivity contribution is 4.77. The maximum absolute atomic E-state index is 12.0. The van der Waals surface area contributed by atoms with Gasteiger partial charge < -0.3 is 0 Å². The Kier molecular flexibility index (Phi) is 1.31. The molecule has 7 heavy (non-hydrogen) atoms. The van der Waals surface area contributed by atoms with Gasteiger partial charge in [-0.1, -0.05) is 13.3 Å². The summed E-state index contributed by atoms with van der Waals surface area (Å²) in [6.07, 6.45) is 2.37. The van der Waals surface area contributed by atoms with Gasteiger partial charge in [0.2, 0.25) is 0 Å². The third-order valence-corrected chi connectivity index (χ3v) is 1.76. The fourth-order valence-corrected chi connectivity index (χ4v) is 0.988. The van der Waals surface area contributed by atoms with Gasteiger partial charge in [-0.15, -0.1) is 0 Å². The van der Waals surface area contributed by atoms with E-state index in [4.69, 9.17) is 0 Å². The third kappa shape index (κ3) is 0.929. The van der Waals surface area contributed by atoms with E-state index in [0.29, 0.717) is 0 Å². The molecule has 0 unspecified atom stereocenters. The minimum Gasteiger partial charge on any atom is -0.247 e. The van der Waals surface area contributed by atoms with Crippen molar-refractivity contribution in [2.45, 2.75) is 32.4 Å². The van der Waals surface area contributed by atoms with Crippen LogP contribution in [0.1, 0.15) is 26.2 Å². The third-order valence-electron chi connectivity index (χ3n) is 1.76. The fourth-order valence-electron chi connectivity index (χ4n) is 0.988. The zero-order chi connectivity index (χ0) is 5.28. The van der Waals surface area contributed by atoms with Crippen LogP contribution in [-0.2, 0) is 0 Å². The molecule has 0 atom stereocenters. The quantitative estimate of drug-likeness (QED) is 0.476. The number of alkyl halides is 1. The molecule has 42 valence electrons. The van der Waals surface area contributed by atoms with Crippen LogP contribution in [0.4, 0.5) is 4.39 Å². The van der Waals surface area contributed by atoms with Gasteiger partial charge >= 0.3 is 0 Å². The number of hydrogen-bond acceptors (Lipinski definition) is 0. The second-order valence-electron chi connectivity index (χ2n) is 2.34. The maximum atomic E-state index is 12.0. The summed E-state index contributed by atoms with van der Waals surface area (Å²) in [6, 6.07) is 0. The van der Waals surface area contributed by atoms with Crippen molar-refractivity contribution in [3.05, 3.63) is 0 Å². The molecule has 0 spiro atoms. The Bertz CT molecular complexity index is 55.2. The molecule has 1 rings (SSSR count). The van der Waals surface area contributed by atoms with Crippen molar-refractivity contribution in [2.24, 2.45) is 5.92 Å². The standard InChI is InChI=1S/C6H11F/c1-2-5-3-6(7)4-5/h5-6H,2-4H2,1H3/t5-,6+. The number of rotatable bonds is 1. The molecule has 0 amide bonds. The first-order chi connectivity index (χ1) is 3.33. The normalized spacial score (nSPS) is 40.3. The number of hydrogen-bond donors (Lipinski definition) is 0. The first kappa shape index (κ1) is 5.07. The zero-order valence-corrected chi connectivity index (χ0v) is 4.65. The summed E-state index contributed by atoms with van der Waals surface area (Å²) in [5, 5.41) is 0. The van der Waals surface area contributed by atoms with E-state index >= 15 is 0 Å². The minimum atomic E-state index is -0.454. The van der Waals surface area contributed by atoms with Crippen LogP contribution in [0.2, 0.25) is 0 Å². The van der Waals surface area contributed by atoms with Crippen molar-refractivity contribution in [2.75, 3.05) is 0 Å². The molecule has 0 saturated heterocycles. The Balaban J connectivity index is 2.06. The molecule has 0 aromatic heterocycles. The highest BCUT2D eigenvalue weighted by Crippen LogP contribution is 2.31. The van der Waals surface area contributed by atoms with Crippen LogP contribution < -0.4 is 0 Å². The van der Waals surface area contributed by atoms with Crippen LogP contribution in [0, 0.1) is 5.92 Å². The monoisotopic (exact) mass is 102 g/mol. The Labute approximate surface area is 43.7 Å². The van der Waals surface area contributed by atoms with Crippen molar-refractivity contribution in [3.63, 3.8) is 0 Å². The van der Waals surface area contributed by atoms with Crippen LogP contribution >= 0.6 is 0 Å². The van der Waals surface area contributed by atoms with E-state index < -0.39 is 6.17 Å². The molecular weight excluding hydrogens is 91.1 g/mol. The summed E-state index contributed by atoms with van der Waals surface area (Å²) in [4.78, 5) is 0. The molecule has 1 fully saturated rings. The van der Waals surface area contributed by atoms with Crippen LogP contribution in [0.5, 0.6) is 0 Å². The van der Waals surface area contributed by atoms with Gasteiger partial charge in [0.05, 0.1) is 0 Å². The lowest BCUT2D eigenvalue weighted by Gasteiger charge is -2.27. The Morgan fingerprint density at radius 3 is 2.29 bits per heavy atom. The lowest BCUT2D eigenvalue weighted by molar-refractivity contribution is 0.128. The molecular formula is C6H11F. The van der Waals surface area contributed by atoms with Gasteiger partial charge in [0.15, 0.2) is 0 Å². The summed E-state index contributed by atoms with van der Waals surface area (Å²) in [5.74, 6) is 0.718. The van der Waals surface area contributed by atoms with E-state index in [-0.39, 0.29) is 0 Å². The van der Waals surface area contributed by atoms with Crippen LogP contribution in [0.3, 0.4) is 0 Å². The van der Waals surface area contributed by atoms with Crippen molar-refractivity contribution >= 4 is 0 Å². The average Bonchev–Trinajstić information content (AvgIpc) is 1.58. The molecule has 0 aromatic rings. The summed E-state index contributed by atoms with van der Waals surface area (Å²) in [5.41, 5.74) is 0. The van der Waals surface area contributed by atoms with Gasteiger partial charge in [-0.3, -0.25) is 0 Å². The Morgan fingerprint density at radius 2 is 2.14 bits per heavy atom. The molecule has 1 aliphatic carbocycles. The molecule has 0 nitrogen and oxygen atoms in total. The Morgan fingerprint density at radius 1 is 1.57 bits per heavy atom. The zero-order valence-electron chi connectivity index (χ0n) is 4.65. The largest absolute Gasteiger partial charge is 0.247 e. The maximum Gasteiger partial charge on any atom is 0.101 e. The van der Waals surface area contributed by atoms with Gasteiger partial charge in [0.1, 0.15) is 6.17 Å². The van der Waals surface area contributed by atoms with Crippen molar-refractivity contribution < 1.29 is 4.39 Å². The highest BCUT2D eigenvalue weighted by atomic mass is 19.1. The number of halogens is 1. The first-order valence-electron chi connectivity index (χ1n) is 2.97. The predicted octanol–water partition coefficient (Wildman–Crippen LogP) is 2.14. The molecule has 0 aromatic carbocycles. The molecule has 0 aliphatic heterocycles. The Hall–Kier alpha value is -0.0700. The van der Waals surface area contributed by atoms with Gasteiger partial charge in [-0.25, -0.2) is 4.39 Å². The van der Waals surface area contributed by atoms with Gasteiger partial charge in [-0.05, 0) is 18.8 Å². The fraction of sp³-hybridized carbons (Fsp3) is 1.00. The average molecular weight is 102 g/mol. The SMILES string of the molecule is CC[C@H]1C[C@@H](F)C1. The summed E-state index contributed by atoms with van der Waals surface area (Å²) in [7, 11) is 0. The molecule has 0 radical (unpaired) electrons. The van der Waals surface area contributed by atoms with E-state index in [1.54, 1.807) is 0 Å². The van der Waals surface area contributed by atoms with Crippen molar-refractivity contribution in [1.82, 2.24) is 0 Å². The van der Waals surface area contributed by atoms with Crippen LogP contribution in [-0.4, -0.2) is 6.17 Å². The molecule has 0 N–H and O–H groups in total. The smallest absolute Gasteiger partial charge is 0.101 e. The lowest BCUT2D eigenvalue weighted by Crippen LogP contribution is -2.23. The second-order valence-corrected chi connectivity index (χ2v) is 2.34. The van der Waals surface area contributed by atoms with E-state index in [2.05, 4.69) is 6.92 Å². The van der Waals surface area contributed by atoms with Crippen LogP contribution in [0.25, 0.3) is 0 Å². The van der Waals surface area contributed by atoms with E-state index in [0.717, 1.165) is 18.8 Å². The predicted molar refractivity (Wildman–Crippen MR) is 27.9 cm³/mol. The lowest BCUT2D eigenvalue weighted by atomic mass is 9.82. The van der Waals surface area contributed by atoms with Gasteiger partial charge in [0.25, 0.3) is 0 Å². The van der Waals surface area contributed by atoms with Crippen molar-refractivity contribution in [3.8, 4) is 0 Å². The van der Waals surface area contributed by atoms with E-state index in [1.807, 2.05) is 0 Å². The summed E-state index contributed by atoms with van der Waals surface area (Å²) in [6.45, 7) is 2.12. The minimum absolute atomic E-state index is 0.454. The van der Waals surface area contributed by atoms with E-state index in [9.17, 15) is 4.39 Å². The van der Waals surface area contributed by atoms with Gasteiger partial charge in [0, 0.05) is 0 Å². The summed E-state index contributed by atoms with van der Waals surface area (Å²) < 4.78 is 12.0. The topological polar surface area (TPSA) is 0 Å².